The van der Waals surface area contributed by atoms with Crippen LogP contribution in [0.1, 0.15) is 76.0 Å². The molecule has 1 saturated carbocycles. The molecule has 3 aromatic carbocycles. The van der Waals surface area contributed by atoms with Crippen LogP contribution in [-0.4, -0.2) is 18.2 Å². The van der Waals surface area contributed by atoms with Crippen LogP contribution >= 0.6 is 0 Å². The summed E-state index contributed by atoms with van der Waals surface area (Å²) in [5.41, 5.74) is 3.02. The van der Waals surface area contributed by atoms with Gasteiger partial charge >= 0.3 is 5.97 Å². The fraction of sp³-hybridized carbons (Fsp3) is 0.406. The third-order valence-corrected chi connectivity index (χ3v) is 7.24. The minimum atomic E-state index is -0.863. The summed E-state index contributed by atoms with van der Waals surface area (Å²) < 4.78 is 41.6. The molecule has 0 spiro atoms. The normalized spacial score (nSPS) is 15.9. The first-order chi connectivity index (χ1) is 18.2. The van der Waals surface area contributed by atoms with Crippen LogP contribution in [0.2, 0.25) is 0 Å². The smallest absolute Gasteiger partial charge is 0.303 e. The van der Waals surface area contributed by atoms with E-state index in [1.54, 1.807) is 30.3 Å². The topological polar surface area (TPSA) is 55.8 Å². The lowest BCUT2D eigenvalue weighted by Gasteiger charge is -2.30. The van der Waals surface area contributed by atoms with Gasteiger partial charge in [-0.25, -0.2) is 8.78 Å². The fourth-order valence-electron chi connectivity index (χ4n) is 5.21. The molecule has 4 nitrogen and oxygen atoms in total. The Labute approximate surface area is 224 Å². The zero-order chi connectivity index (χ0) is 27.9. The molecule has 38 heavy (non-hydrogen) atoms. The summed E-state index contributed by atoms with van der Waals surface area (Å²) in [6.07, 6.45) is 3.47. The Kier molecular flexibility index (Phi) is 9.90. The number of ether oxygens (including phenoxy) is 2. The maximum Gasteiger partial charge on any atom is 0.303 e. The van der Waals surface area contributed by atoms with Gasteiger partial charge in [-0.2, -0.15) is 0 Å². The van der Waals surface area contributed by atoms with Crippen molar-refractivity contribution in [2.45, 2.75) is 72.3 Å². The Hall–Kier alpha value is -3.41. The van der Waals surface area contributed by atoms with Crippen molar-refractivity contribution in [2.24, 2.45) is 5.41 Å². The molecule has 6 heteroatoms. The maximum absolute atomic E-state index is 15.4. The van der Waals surface area contributed by atoms with Crippen LogP contribution in [-0.2, 0) is 17.8 Å². The summed E-state index contributed by atoms with van der Waals surface area (Å²) in [5, 5.41) is 8.93. The van der Waals surface area contributed by atoms with Crippen molar-refractivity contribution >= 4 is 5.97 Å². The quantitative estimate of drug-likeness (QED) is 0.305. The second-order valence-electron chi connectivity index (χ2n) is 10.1. The van der Waals surface area contributed by atoms with Crippen LogP contribution in [0, 0.1) is 17.0 Å². The fourth-order valence-corrected chi connectivity index (χ4v) is 5.21. The number of carboxylic acid groups (broad SMARTS) is 1. The number of rotatable bonds is 9. The van der Waals surface area contributed by atoms with E-state index in [1.165, 1.54) is 19.2 Å². The van der Waals surface area contributed by atoms with Crippen molar-refractivity contribution in [2.75, 3.05) is 7.11 Å². The summed E-state index contributed by atoms with van der Waals surface area (Å²) in [6.45, 7) is 8.42. The lowest BCUT2D eigenvalue weighted by atomic mass is 9.75. The number of aryl methyl sites for hydroxylation is 1. The second-order valence-corrected chi connectivity index (χ2v) is 10.1. The molecule has 0 aromatic heterocycles. The highest BCUT2D eigenvalue weighted by molar-refractivity contribution is 5.71. The van der Waals surface area contributed by atoms with Crippen molar-refractivity contribution in [3.8, 4) is 22.6 Å². The Morgan fingerprint density at radius 3 is 2.42 bits per heavy atom. The minimum absolute atomic E-state index is 0.00147. The van der Waals surface area contributed by atoms with Gasteiger partial charge in [0.2, 0.25) is 0 Å². The number of aliphatic carboxylic acids is 1. The first kappa shape index (κ1) is 29.2. The molecule has 3 aromatic rings. The molecular weight excluding hydrogens is 486 g/mol. The highest BCUT2D eigenvalue weighted by Gasteiger charge is 2.37. The van der Waals surface area contributed by atoms with Gasteiger partial charge in [-0.05, 0) is 89.8 Å². The third-order valence-electron chi connectivity index (χ3n) is 7.24. The predicted molar refractivity (Wildman–Crippen MR) is 147 cm³/mol. The van der Waals surface area contributed by atoms with E-state index in [4.69, 9.17) is 14.6 Å². The molecule has 1 N–H and O–H groups in total. The zero-order valence-electron chi connectivity index (χ0n) is 22.9. The molecule has 1 fully saturated rings. The number of carbonyl (C=O) groups is 1. The molecule has 0 radical (unpaired) electrons. The first-order valence-corrected chi connectivity index (χ1v) is 13.3. The molecule has 0 aliphatic heterocycles. The molecule has 1 atom stereocenters. The molecule has 1 unspecified atom stereocenters. The lowest BCUT2D eigenvalue weighted by molar-refractivity contribution is -0.136. The van der Waals surface area contributed by atoms with Gasteiger partial charge in [0, 0.05) is 17.5 Å². The average molecular weight is 525 g/mol. The van der Waals surface area contributed by atoms with Gasteiger partial charge in [0.05, 0.1) is 7.11 Å². The van der Waals surface area contributed by atoms with Gasteiger partial charge in [0.25, 0.3) is 0 Å². The first-order valence-electron chi connectivity index (χ1n) is 13.3. The lowest BCUT2D eigenvalue weighted by Crippen LogP contribution is -2.17. The number of benzene rings is 3. The molecule has 0 saturated heterocycles. The van der Waals surface area contributed by atoms with Gasteiger partial charge in [0.1, 0.15) is 29.7 Å². The third kappa shape index (κ3) is 6.91. The minimum Gasteiger partial charge on any atom is -0.497 e. The molecule has 4 rings (SSSR count). The van der Waals surface area contributed by atoms with Crippen molar-refractivity contribution in [3.05, 3.63) is 82.9 Å². The monoisotopic (exact) mass is 524 g/mol. The van der Waals surface area contributed by atoms with Crippen LogP contribution in [0.4, 0.5) is 8.78 Å². The van der Waals surface area contributed by atoms with E-state index in [2.05, 4.69) is 13.8 Å². The van der Waals surface area contributed by atoms with Crippen LogP contribution in [0.25, 0.3) is 11.1 Å². The molecular formula is C32H38F2O4. The van der Waals surface area contributed by atoms with Crippen molar-refractivity contribution in [1.29, 1.82) is 0 Å². The van der Waals surface area contributed by atoms with E-state index in [9.17, 15) is 9.18 Å². The van der Waals surface area contributed by atoms with Crippen molar-refractivity contribution < 1.29 is 28.2 Å². The van der Waals surface area contributed by atoms with Gasteiger partial charge < -0.3 is 14.6 Å². The summed E-state index contributed by atoms with van der Waals surface area (Å²) >= 11 is 0. The number of halogens is 2. The van der Waals surface area contributed by atoms with Crippen LogP contribution in [0.3, 0.4) is 0 Å². The van der Waals surface area contributed by atoms with Crippen molar-refractivity contribution in [3.63, 3.8) is 0 Å². The van der Waals surface area contributed by atoms with E-state index in [0.29, 0.717) is 34.6 Å². The molecule has 1 aliphatic rings. The van der Waals surface area contributed by atoms with Gasteiger partial charge in [0.15, 0.2) is 0 Å². The molecule has 0 heterocycles. The van der Waals surface area contributed by atoms with Gasteiger partial charge in [-0.1, -0.05) is 46.2 Å². The number of methoxy groups -OCH3 is 1. The van der Waals surface area contributed by atoms with Crippen LogP contribution < -0.4 is 9.47 Å². The Balaban J connectivity index is 0.00000195. The van der Waals surface area contributed by atoms with E-state index >= 15 is 4.39 Å². The molecule has 204 valence electrons. The standard InChI is InChI=1S/C30H32F2O4.C2H6/c1-30(2)13-5-8-26(30)24-15-20(18-36-22-7-4-6-19(14-22)9-12-29(33)34)28(32)17-23(24)25-16-21(35-3)10-11-27(25)31;1-2/h4,6-7,10-11,14-17,26H,5,8-9,12-13,18H2,1-3H3,(H,33,34);1-2H3. The Morgan fingerprint density at radius 2 is 1.76 bits per heavy atom. The largest absolute Gasteiger partial charge is 0.497 e. The number of hydrogen-bond donors (Lipinski definition) is 1. The highest BCUT2D eigenvalue weighted by Crippen LogP contribution is 2.51. The van der Waals surface area contributed by atoms with Crippen LogP contribution in [0.5, 0.6) is 11.5 Å². The summed E-state index contributed by atoms with van der Waals surface area (Å²) in [4.78, 5) is 10.9. The van der Waals surface area contributed by atoms with E-state index in [0.717, 1.165) is 30.4 Å². The Morgan fingerprint density at radius 1 is 1.00 bits per heavy atom. The van der Waals surface area contributed by atoms with Crippen LogP contribution in [0.15, 0.2) is 54.6 Å². The average Bonchev–Trinajstić information content (AvgIpc) is 3.27. The van der Waals surface area contributed by atoms with Gasteiger partial charge in [-0.3, -0.25) is 4.79 Å². The van der Waals surface area contributed by atoms with Gasteiger partial charge in [-0.15, -0.1) is 0 Å². The summed E-state index contributed by atoms with van der Waals surface area (Å²) in [5.74, 6) is -0.542. The highest BCUT2D eigenvalue weighted by atomic mass is 19.1. The SMILES string of the molecule is CC.COc1ccc(F)c(-c2cc(F)c(COc3cccc(CCC(=O)O)c3)cc2C2CCCC2(C)C)c1. The van der Waals surface area contributed by atoms with E-state index in [-0.39, 0.29) is 24.4 Å². The maximum atomic E-state index is 15.4. The molecule has 0 bridgehead atoms. The number of carboxylic acids is 1. The Bertz CT molecular complexity index is 1250. The zero-order valence-corrected chi connectivity index (χ0v) is 22.9. The van der Waals surface area contributed by atoms with E-state index < -0.39 is 17.6 Å². The van der Waals surface area contributed by atoms with E-state index in [1.807, 2.05) is 26.0 Å². The van der Waals surface area contributed by atoms with Crippen molar-refractivity contribution in [1.82, 2.24) is 0 Å². The molecule has 1 aliphatic carbocycles. The predicted octanol–water partition coefficient (Wildman–Crippen LogP) is 8.56. The molecule has 0 amide bonds. The summed E-state index contributed by atoms with van der Waals surface area (Å²) in [6, 6.07) is 15.0. The summed E-state index contributed by atoms with van der Waals surface area (Å²) in [7, 11) is 1.52. The second kappa shape index (κ2) is 12.9. The number of hydrogen-bond acceptors (Lipinski definition) is 3.